The largest absolute Gasteiger partial charge is 0.481 e. The molecule has 0 saturated heterocycles. The molecule has 1 aromatic rings. The molecule has 0 aromatic carbocycles. The molecule has 0 aliphatic carbocycles. The summed E-state index contributed by atoms with van der Waals surface area (Å²) in [7, 11) is 0. The SMILES string of the molecule is O=C(O)CCCCCCC(=O)Cc1c[nH]c(=O)[nH]c1=O. The molecular weight excluding hydrogens is 264 g/mol. The minimum Gasteiger partial charge on any atom is -0.481 e. The highest BCUT2D eigenvalue weighted by Gasteiger charge is 2.07. The van der Waals surface area contributed by atoms with Crippen LogP contribution in [0.1, 0.15) is 44.1 Å². The van der Waals surface area contributed by atoms with E-state index in [4.69, 9.17) is 5.11 Å². The minimum atomic E-state index is -0.807. The summed E-state index contributed by atoms with van der Waals surface area (Å²) in [6.07, 6.45) is 4.63. The first kappa shape index (κ1) is 15.9. The number of Topliss-reactive ketones (excluding diaryl/α,β-unsaturated/α-hetero) is 1. The molecule has 1 aromatic heterocycles. The van der Waals surface area contributed by atoms with Crippen LogP contribution in [0.5, 0.6) is 0 Å². The third-order valence-corrected chi connectivity index (χ3v) is 2.88. The number of ketones is 1. The van der Waals surface area contributed by atoms with Gasteiger partial charge in [-0.05, 0) is 12.8 Å². The zero-order valence-corrected chi connectivity index (χ0v) is 11.1. The van der Waals surface area contributed by atoms with E-state index in [0.29, 0.717) is 19.3 Å². The molecule has 7 nitrogen and oxygen atoms in total. The number of hydrogen-bond acceptors (Lipinski definition) is 4. The summed E-state index contributed by atoms with van der Waals surface area (Å²) in [6, 6.07) is 0. The van der Waals surface area contributed by atoms with Gasteiger partial charge in [0.05, 0.1) is 0 Å². The number of nitrogens with one attached hydrogen (secondary N) is 2. The van der Waals surface area contributed by atoms with Crippen molar-refractivity contribution in [2.24, 2.45) is 0 Å². The van der Waals surface area contributed by atoms with Gasteiger partial charge in [0, 0.05) is 31.0 Å². The van der Waals surface area contributed by atoms with Crippen LogP contribution in [0.4, 0.5) is 0 Å². The number of hydrogen-bond donors (Lipinski definition) is 3. The summed E-state index contributed by atoms with van der Waals surface area (Å²) < 4.78 is 0. The number of aromatic amines is 2. The van der Waals surface area contributed by atoms with Crippen molar-refractivity contribution in [3.8, 4) is 0 Å². The molecule has 20 heavy (non-hydrogen) atoms. The average molecular weight is 282 g/mol. The molecule has 0 fully saturated rings. The average Bonchev–Trinajstić information content (AvgIpc) is 2.36. The standard InChI is InChI=1S/C13H18N2O5/c16-10(5-3-1-2-4-6-11(17)18)7-9-8-14-13(20)15-12(9)19/h8H,1-7H2,(H,17,18)(H2,14,15,19,20). The molecule has 0 aliphatic heterocycles. The van der Waals surface area contributed by atoms with E-state index in [9.17, 15) is 19.2 Å². The molecule has 0 aliphatic rings. The molecule has 0 amide bonds. The maximum absolute atomic E-state index is 11.7. The fourth-order valence-electron chi connectivity index (χ4n) is 1.82. The van der Waals surface area contributed by atoms with E-state index in [1.54, 1.807) is 0 Å². The highest BCUT2D eigenvalue weighted by atomic mass is 16.4. The number of H-pyrrole nitrogens is 2. The van der Waals surface area contributed by atoms with Crippen molar-refractivity contribution in [1.82, 2.24) is 9.97 Å². The molecule has 0 unspecified atom stereocenters. The van der Waals surface area contributed by atoms with Gasteiger partial charge in [0.1, 0.15) is 5.78 Å². The van der Waals surface area contributed by atoms with Crippen LogP contribution in [0, 0.1) is 0 Å². The van der Waals surface area contributed by atoms with E-state index in [1.165, 1.54) is 6.20 Å². The van der Waals surface area contributed by atoms with Gasteiger partial charge in [-0.1, -0.05) is 12.8 Å². The number of aromatic nitrogens is 2. The molecule has 110 valence electrons. The first-order chi connectivity index (χ1) is 9.49. The van der Waals surface area contributed by atoms with Crippen LogP contribution in [0.15, 0.2) is 15.8 Å². The number of carbonyl (C=O) groups excluding carboxylic acids is 1. The Kier molecular flexibility index (Phi) is 6.42. The second-order valence-electron chi connectivity index (χ2n) is 4.62. The molecule has 0 bridgehead atoms. The lowest BCUT2D eigenvalue weighted by molar-refractivity contribution is -0.137. The van der Waals surface area contributed by atoms with Crippen LogP contribution in [-0.2, 0) is 16.0 Å². The topological polar surface area (TPSA) is 120 Å². The lowest BCUT2D eigenvalue weighted by Gasteiger charge is -2.01. The molecule has 3 N–H and O–H groups in total. The summed E-state index contributed by atoms with van der Waals surface area (Å²) in [6.45, 7) is 0. The predicted molar refractivity (Wildman–Crippen MR) is 71.7 cm³/mol. The Morgan fingerprint density at radius 2 is 1.70 bits per heavy atom. The first-order valence-electron chi connectivity index (χ1n) is 6.53. The van der Waals surface area contributed by atoms with E-state index in [-0.39, 0.29) is 24.2 Å². The van der Waals surface area contributed by atoms with Crippen molar-refractivity contribution < 1.29 is 14.7 Å². The van der Waals surface area contributed by atoms with Gasteiger partial charge in [-0.25, -0.2) is 4.79 Å². The number of aliphatic carboxylic acids is 1. The van der Waals surface area contributed by atoms with Crippen LogP contribution in [-0.4, -0.2) is 26.8 Å². The van der Waals surface area contributed by atoms with Gasteiger partial charge in [0.25, 0.3) is 5.56 Å². The Labute approximate surface area is 115 Å². The third-order valence-electron chi connectivity index (χ3n) is 2.88. The summed E-state index contributed by atoms with van der Waals surface area (Å²) >= 11 is 0. The van der Waals surface area contributed by atoms with Gasteiger partial charge >= 0.3 is 11.7 Å². The summed E-state index contributed by atoms with van der Waals surface area (Å²) in [5.41, 5.74) is -0.881. The van der Waals surface area contributed by atoms with Gasteiger partial charge in [-0.3, -0.25) is 19.4 Å². The molecule has 0 saturated carbocycles. The molecule has 1 rings (SSSR count). The smallest absolute Gasteiger partial charge is 0.325 e. The molecule has 0 atom stereocenters. The number of rotatable bonds is 9. The molecule has 1 heterocycles. The van der Waals surface area contributed by atoms with Crippen molar-refractivity contribution in [1.29, 1.82) is 0 Å². The first-order valence-corrected chi connectivity index (χ1v) is 6.53. The second-order valence-corrected chi connectivity index (χ2v) is 4.62. The van der Waals surface area contributed by atoms with E-state index in [1.807, 2.05) is 0 Å². The van der Waals surface area contributed by atoms with Gasteiger partial charge in [-0.15, -0.1) is 0 Å². The highest BCUT2D eigenvalue weighted by Crippen LogP contribution is 2.07. The monoisotopic (exact) mass is 282 g/mol. The lowest BCUT2D eigenvalue weighted by Crippen LogP contribution is -2.25. The number of carboxylic acid groups (broad SMARTS) is 1. The summed E-state index contributed by atoms with van der Waals surface area (Å²) in [4.78, 5) is 48.5. The van der Waals surface area contributed by atoms with Gasteiger partial charge in [0.2, 0.25) is 0 Å². The van der Waals surface area contributed by atoms with Crippen LogP contribution in [0.25, 0.3) is 0 Å². The van der Waals surface area contributed by atoms with Crippen LogP contribution in [0.3, 0.4) is 0 Å². The normalized spacial score (nSPS) is 10.4. The van der Waals surface area contributed by atoms with Crippen molar-refractivity contribution >= 4 is 11.8 Å². The minimum absolute atomic E-state index is 0.00123. The number of carboxylic acids is 1. The van der Waals surface area contributed by atoms with Crippen molar-refractivity contribution in [2.45, 2.75) is 44.9 Å². The Bertz CT molecular complexity index is 573. The highest BCUT2D eigenvalue weighted by molar-refractivity contribution is 5.80. The maximum atomic E-state index is 11.7. The van der Waals surface area contributed by atoms with Crippen LogP contribution in [0.2, 0.25) is 0 Å². The molecular formula is C13H18N2O5. The maximum Gasteiger partial charge on any atom is 0.325 e. The van der Waals surface area contributed by atoms with E-state index >= 15 is 0 Å². The zero-order chi connectivity index (χ0) is 15.0. The van der Waals surface area contributed by atoms with Crippen molar-refractivity contribution in [2.75, 3.05) is 0 Å². The molecule has 0 radical (unpaired) electrons. The quantitative estimate of drug-likeness (QED) is 0.573. The summed E-state index contributed by atoms with van der Waals surface area (Å²) in [5, 5.41) is 8.46. The Hall–Kier alpha value is -2.18. The Balaban J connectivity index is 2.25. The van der Waals surface area contributed by atoms with Gasteiger partial charge in [0.15, 0.2) is 0 Å². The number of carbonyl (C=O) groups is 2. The van der Waals surface area contributed by atoms with E-state index in [2.05, 4.69) is 9.97 Å². The van der Waals surface area contributed by atoms with E-state index in [0.717, 1.165) is 12.8 Å². The Morgan fingerprint density at radius 3 is 2.30 bits per heavy atom. The fourth-order valence-corrected chi connectivity index (χ4v) is 1.82. The van der Waals surface area contributed by atoms with Crippen LogP contribution < -0.4 is 11.2 Å². The second kappa shape index (κ2) is 8.08. The molecule has 0 spiro atoms. The lowest BCUT2D eigenvalue weighted by atomic mass is 10.0. The summed E-state index contributed by atoms with van der Waals surface area (Å²) in [5.74, 6) is -0.876. The third kappa shape index (κ3) is 6.12. The fraction of sp³-hybridized carbons (Fsp3) is 0.538. The zero-order valence-electron chi connectivity index (χ0n) is 11.1. The van der Waals surface area contributed by atoms with E-state index < -0.39 is 17.2 Å². The predicted octanol–water partition coefficient (Wildman–Crippen LogP) is 0.600. The molecule has 7 heteroatoms. The Morgan fingerprint density at radius 1 is 1.05 bits per heavy atom. The van der Waals surface area contributed by atoms with Crippen LogP contribution >= 0.6 is 0 Å². The van der Waals surface area contributed by atoms with Crippen molar-refractivity contribution in [3.63, 3.8) is 0 Å². The van der Waals surface area contributed by atoms with Gasteiger partial charge < -0.3 is 10.1 Å². The van der Waals surface area contributed by atoms with Gasteiger partial charge in [-0.2, -0.15) is 0 Å². The number of unbranched alkanes of at least 4 members (excludes halogenated alkanes) is 3. The van der Waals surface area contributed by atoms with Crippen molar-refractivity contribution in [3.05, 3.63) is 32.6 Å².